The Morgan fingerprint density at radius 2 is 2.50 bits per heavy atom. The number of nitrogens with zero attached hydrogens (tertiary/aromatic N) is 1. The average molecular weight is 210 g/mol. The summed E-state index contributed by atoms with van der Waals surface area (Å²) in [6.07, 6.45) is 4.08. The summed E-state index contributed by atoms with van der Waals surface area (Å²) in [5.41, 5.74) is 5.96. The molecular formula is C10H14N2OS. The van der Waals surface area contributed by atoms with Crippen molar-refractivity contribution >= 4 is 17.1 Å². The monoisotopic (exact) mass is 210 g/mol. The first kappa shape index (κ1) is 11.1. The molecule has 0 saturated carbocycles. The van der Waals surface area contributed by atoms with Crippen LogP contribution in [0.4, 0.5) is 0 Å². The highest BCUT2D eigenvalue weighted by molar-refractivity contribution is 7.09. The van der Waals surface area contributed by atoms with E-state index in [2.05, 4.69) is 11.6 Å². The second-order valence-corrected chi connectivity index (χ2v) is 3.88. The number of Topliss-reactive ketones (excluding diaryl/α,β-unsaturated/α-hetero) is 1. The van der Waals surface area contributed by atoms with Gasteiger partial charge in [-0.2, -0.15) is 0 Å². The SMILES string of the molecule is C=CCCCC(=O)c1csc(CN)n1. The summed E-state index contributed by atoms with van der Waals surface area (Å²) in [7, 11) is 0. The minimum atomic E-state index is 0.0998. The number of hydrogen-bond donors (Lipinski definition) is 1. The van der Waals surface area contributed by atoms with Gasteiger partial charge in [-0.15, -0.1) is 17.9 Å². The van der Waals surface area contributed by atoms with Crippen molar-refractivity contribution in [2.75, 3.05) is 0 Å². The third-order valence-corrected chi connectivity index (χ3v) is 2.70. The molecule has 0 saturated heterocycles. The molecular weight excluding hydrogens is 196 g/mol. The van der Waals surface area contributed by atoms with E-state index in [1.54, 1.807) is 5.38 Å². The van der Waals surface area contributed by atoms with Gasteiger partial charge >= 0.3 is 0 Å². The van der Waals surface area contributed by atoms with Crippen LogP contribution >= 0.6 is 11.3 Å². The summed E-state index contributed by atoms with van der Waals surface area (Å²) in [6, 6.07) is 0. The number of ketones is 1. The number of rotatable bonds is 6. The van der Waals surface area contributed by atoms with Crippen LogP contribution in [0, 0.1) is 0 Å². The van der Waals surface area contributed by atoms with Gasteiger partial charge in [0.1, 0.15) is 10.7 Å². The van der Waals surface area contributed by atoms with Crippen molar-refractivity contribution in [3.8, 4) is 0 Å². The molecule has 0 atom stereocenters. The predicted octanol–water partition coefficient (Wildman–Crippen LogP) is 2.14. The predicted molar refractivity (Wildman–Crippen MR) is 58.4 cm³/mol. The molecule has 0 aromatic carbocycles. The van der Waals surface area contributed by atoms with Crippen molar-refractivity contribution in [1.82, 2.24) is 4.98 Å². The maximum absolute atomic E-state index is 11.5. The molecule has 1 rings (SSSR count). The minimum absolute atomic E-state index is 0.0998. The first-order valence-corrected chi connectivity index (χ1v) is 5.44. The Balaban J connectivity index is 2.47. The highest BCUT2D eigenvalue weighted by Crippen LogP contribution is 2.12. The Bertz CT molecular complexity index is 320. The van der Waals surface area contributed by atoms with Crippen LogP contribution in [-0.2, 0) is 6.54 Å². The Labute approximate surface area is 87.7 Å². The summed E-state index contributed by atoms with van der Waals surface area (Å²) >= 11 is 1.44. The van der Waals surface area contributed by atoms with Crippen LogP contribution in [0.2, 0.25) is 0 Å². The highest BCUT2D eigenvalue weighted by atomic mass is 32.1. The van der Waals surface area contributed by atoms with Crippen LogP contribution < -0.4 is 5.73 Å². The maximum Gasteiger partial charge on any atom is 0.182 e. The summed E-state index contributed by atoms with van der Waals surface area (Å²) in [5, 5.41) is 2.59. The molecule has 1 aromatic rings. The van der Waals surface area contributed by atoms with Gasteiger partial charge < -0.3 is 5.73 Å². The van der Waals surface area contributed by atoms with Gasteiger partial charge in [0.2, 0.25) is 0 Å². The zero-order valence-corrected chi connectivity index (χ0v) is 8.85. The largest absolute Gasteiger partial charge is 0.325 e. The fourth-order valence-corrected chi connectivity index (χ4v) is 1.75. The zero-order chi connectivity index (χ0) is 10.4. The molecule has 0 amide bonds. The standard InChI is InChI=1S/C10H14N2OS/c1-2-3-4-5-9(13)8-7-14-10(6-11)12-8/h2,7H,1,3-6,11H2. The van der Waals surface area contributed by atoms with E-state index in [-0.39, 0.29) is 5.78 Å². The van der Waals surface area contributed by atoms with Gasteiger partial charge in [-0.3, -0.25) is 4.79 Å². The van der Waals surface area contributed by atoms with Gasteiger partial charge in [0, 0.05) is 18.3 Å². The number of carbonyl (C=O) groups excluding carboxylic acids is 1. The van der Waals surface area contributed by atoms with Crippen LogP contribution in [0.25, 0.3) is 0 Å². The van der Waals surface area contributed by atoms with Gasteiger partial charge in [-0.25, -0.2) is 4.98 Å². The lowest BCUT2D eigenvalue weighted by atomic mass is 10.1. The molecule has 0 aliphatic heterocycles. The Morgan fingerprint density at radius 3 is 3.07 bits per heavy atom. The lowest BCUT2D eigenvalue weighted by molar-refractivity contribution is 0.0976. The fourth-order valence-electron chi connectivity index (χ4n) is 1.07. The van der Waals surface area contributed by atoms with E-state index in [0.717, 1.165) is 17.8 Å². The van der Waals surface area contributed by atoms with Crippen LogP contribution in [0.15, 0.2) is 18.0 Å². The number of thiazole rings is 1. The number of allylic oxidation sites excluding steroid dienone is 1. The highest BCUT2D eigenvalue weighted by Gasteiger charge is 2.08. The molecule has 0 radical (unpaired) electrons. The molecule has 0 bridgehead atoms. The van der Waals surface area contributed by atoms with Crippen LogP contribution in [0.3, 0.4) is 0 Å². The minimum Gasteiger partial charge on any atom is -0.325 e. The molecule has 1 aromatic heterocycles. The van der Waals surface area contributed by atoms with Gasteiger partial charge in [0.25, 0.3) is 0 Å². The van der Waals surface area contributed by atoms with E-state index in [4.69, 9.17) is 5.73 Å². The van der Waals surface area contributed by atoms with Gasteiger partial charge in [0.05, 0.1) is 0 Å². The van der Waals surface area contributed by atoms with Crippen LogP contribution in [0.5, 0.6) is 0 Å². The molecule has 0 unspecified atom stereocenters. The van der Waals surface area contributed by atoms with Gasteiger partial charge in [-0.05, 0) is 12.8 Å². The maximum atomic E-state index is 11.5. The molecule has 4 heteroatoms. The van der Waals surface area contributed by atoms with Crippen molar-refractivity contribution in [3.63, 3.8) is 0 Å². The van der Waals surface area contributed by atoms with Crippen molar-refractivity contribution in [1.29, 1.82) is 0 Å². The molecule has 3 nitrogen and oxygen atoms in total. The summed E-state index contributed by atoms with van der Waals surface area (Å²) in [5.74, 6) is 0.0998. The molecule has 2 N–H and O–H groups in total. The normalized spacial score (nSPS) is 10.1. The topological polar surface area (TPSA) is 56.0 Å². The lowest BCUT2D eigenvalue weighted by Gasteiger charge is -1.94. The Morgan fingerprint density at radius 1 is 1.71 bits per heavy atom. The zero-order valence-electron chi connectivity index (χ0n) is 8.03. The molecule has 1 heterocycles. The molecule has 0 aliphatic rings. The van der Waals surface area contributed by atoms with Crippen molar-refractivity contribution in [2.45, 2.75) is 25.8 Å². The molecule has 14 heavy (non-hydrogen) atoms. The third-order valence-electron chi connectivity index (χ3n) is 1.82. The van der Waals surface area contributed by atoms with E-state index in [1.807, 2.05) is 6.08 Å². The molecule has 0 fully saturated rings. The number of hydrogen-bond acceptors (Lipinski definition) is 4. The number of carbonyl (C=O) groups is 1. The lowest BCUT2D eigenvalue weighted by Crippen LogP contribution is -2.01. The summed E-state index contributed by atoms with van der Waals surface area (Å²) < 4.78 is 0. The summed E-state index contributed by atoms with van der Waals surface area (Å²) in [6.45, 7) is 4.01. The van der Waals surface area contributed by atoms with E-state index in [1.165, 1.54) is 11.3 Å². The van der Waals surface area contributed by atoms with E-state index in [0.29, 0.717) is 18.7 Å². The first-order valence-electron chi connectivity index (χ1n) is 4.56. The number of aromatic nitrogens is 1. The summed E-state index contributed by atoms with van der Waals surface area (Å²) in [4.78, 5) is 15.6. The van der Waals surface area contributed by atoms with E-state index < -0.39 is 0 Å². The second-order valence-electron chi connectivity index (χ2n) is 2.93. The van der Waals surface area contributed by atoms with Crippen molar-refractivity contribution in [3.05, 3.63) is 28.7 Å². The molecule has 76 valence electrons. The van der Waals surface area contributed by atoms with Crippen molar-refractivity contribution < 1.29 is 4.79 Å². The third kappa shape index (κ3) is 3.05. The first-order chi connectivity index (χ1) is 6.77. The van der Waals surface area contributed by atoms with Gasteiger partial charge in [0.15, 0.2) is 5.78 Å². The van der Waals surface area contributed by atoms with E-state index in [9.17, 15) is 4.79 Å². The second kappa shape index (κ2) is 5.67. The number of unbranched alkanes of at least 4 members (excludes halogenated alkanes) is 1. The quantitative estimate of drug-likeness (QED) is 0.444. The van der Waals surface area contributed by atoms with Crippen LogP contribution in [-0.4, -0.2) is 10.8 Å². The van der Waals surface area contributed by atoms with Gasteiger partial charge in [-0.1, -0.05) is 6.08 Å². The number of nitrogens with two attached hydrogens (primary N) is 1. The van der Waals surface area contributed by atoms with Crippen LogP contribution in [0.1, 0.15) is 34.8 Å². The van der Waals surface area contributed by atoms with E-state index >= 15 is 0 Å². The Hall–Kier alpha value is -1.00. The fraction of sp³-hybridized carbons (Fsp3) is 0.400. The molecule has 0 spiro atoms. The molecule has 0 aliphatic carbocycles. The van der Waals surface area contributed by atoms with Crippen molar-refractivity contribution in [2.24, 2.45) is 5.73 Å². The average Bonchev–Trinajstić information content (AvgIpc) is 2.66. The smallest absolute Gasteiger partial charge is 0.182 e. The Kier molecular flexibility index (Phi) is 4.49.